The van der Waals surface area contributed by atoms with Crippen molar-refractivity contribution in [2.75, 3.05) is 37.6 Å². The van der Waals surface area contributed by atoms with Gasteiger partial charge in [0.15, 0.2) is 0 Å². The summed E-state index contributed by atoms with van der Waals surface area (Å²) in [5.74, 6) is 0. The molecule has 23 heavy (non-hydrogen) atoms. The van der Waals surface area contributed by atoms with Crippen LogP contribution in [0.2, 0.25) is 0 Å². The maximum Gasteiger partial charge on any atom is 0.208 e. The summed E-state index contributed by atoms with van der Waals surface area (Å²) >= 11 is 1.70. The van der Waals surface area contributed by atoms with Crippen molar-refractivity contribution in [1.82, 2.24) is 15.1 Å². The predicted molar refractivity (Wildman–Crippen MR) is 97.2 cm³/mol. The van der Waals surface area contributed by atoms with Gasteiger partial charge in [0, 0.05) is 31.7 Å². The van der Waals surface area contributed by atoms with E-state index in [4.69, 9.17) is 0 Å². The number of likely N-dealkylation sites (N-methyl/N-ethyl adjacent to an activating group) is 1. The zero-order valence-electron chi connectivity index (χ0n) is 13.3. The largest absolute Gasteiger partial charge is 0.344 e. The van der Waals surface area contributed by atoms with E-state index < -0.39 is 0 Å². The molecule has 5 heteroatoms. The van der Waals surface area contributed by atoms with E-state index >= 15 is 0 Å². The van der Waals surface area contributed by atoms with Crippen molar-refractivity contribution >= 4 is 27.2 Å². The molecule has 1 aromatic heterocycles. The molecule has 0 aliphatic carbocycles. The minimum Gasteiger partial charge on any atom is -0.344 e. The Balaban J connectivity index is 1.57. The fourth-order valence-electron chi connectivity index (χ4n) is 3.04. The van der Waals surface area contributed by atoms with Gasteiger partial charge in [-0.2, -0.15) is 0 Å². The Hall–Kier alpha value is -1.98. The Bertz CT molecular complexity index is 805. The minimum atomic E-state index is 1.00. The second kappa shape index (κ2) is 6.26. The minimum absolute atomic E-state index is 1.00. The van der Waals surface area contributed by atoms with Crippen molar-refractivity contribution in [3.63, 3.8) is 0 Å². The third kappa shape index (κ3) is 2.94. The van der Waals surface area contributed by atoms with Gasteiger partial charge in [0.05, 0.1) is 0 Å². The third-order valence-corrected chi connectivity index (χ3v) is 5.53. The Morgan fingerprint density at radius 2 is 1.74 bits per heavy atom. The number of rotatable bonds is 3. The van der Waals surface area contributed by atoms with E-state index in [1.807, 2.05) is 0 Å². The Morgan fingerprint density at radius 1 is 0.957 bits per heavy atom. The summed E-state index contributed by atoms with van der Waals surface area (Å²) in [5, 5.41) is 13.4. The first-order chi connectivity index (χ1) is 11.3. The van der Waals surface area contributed by atoms with E-state index in [-0.39, 0.29) is 0 Å². The SMILES string of the molecule is CCN1CCN(c2nnc(-c3ccc4ccccc4c3)s2)CC1. The highest BCUT2D eigenvalue weighted by atomic mass is 32.1. The van der Waals surface area contributed by atoms with Gasteiger partial charge in [-0.25, -0.2) is 0 Å². The van der Waals surface area contributed by atoms with Crippen molar-refractivity contribution in [3.8, 4) is 10.6 Å². The quantitative estimate of drug-likeness (QED) is 0.738. The first-order valence-electron chi connectivity index (χ1n) is 8.13. The molecule has 0 saturated carbocycles. The van der Waals surface area contributed by atoms with Crippen LogP contribution >= 0.6 is 11.3 Å². The fourth-order valence-corrected chi connectivity index (χ4v) is 3.93. The van der Waals surface area contributed by atoms with E-state index in [1.165, 1.54) is 10.8 Å². The van der Waals surface area contributed by atoms with Gasteiger partial charge >= 0.3 is 0 Å². The third-order valence-electron chi connectivity index (χ3n) is 4.50. The van der Waals surface area contributed by atoms with Crippen LogP contribution in [-0.2, 0) is 0 Å². The van der Waals surface area contributed by atoms with Gasteiger partial charge in [-0.15, -0.1) is 10.2 Å². The smallest absolute Gasteiger partial charge is 0.208 e. The second-order valence-corrected chi connectivity index (χ2v) is 6.83. The molecule has 118 valence electrons. The molecule has 4 nitrogen and oxygen atoms in total. The fraction of sp³-hybridized carbons (Fsp3) is 0.333. The number of hydrogen-bond donors (Lipinski definition) is 0. The molecule has 1 aliphatic heterocycles. The molecule has 2 heterocycles. The first-order valence-corrected chi connectivity index (χ1v) is 8.95. The normalized spacial score (nSPS) is 16.1. The van der Waals surface area contributed by atoms with Gasteiger partial charge in [0.25, 0.3) is 0 Å². The molecule has 1 aliphatic rings. The molecular formula is C18H20N4S. The number of aromatic nitrogens is 2. The molecule has 0 unspecified atom stereocenters. The molecule has 0 atom stereocenters. The van der Waals surface area contributed by atoms with Crippen molar-refractivity contribution in [2.24, 2.45) is 0 Å². The van der Waals surface area contributed by atoms with E-state index in [0.717, 1.165) is 48.4 Å². The number of anilines is 1. The van der Waals surface area contributed by atoms with E-state index in [0.29, 0.717) is 0 Å². The molecule has 1 saturated heterocycles. The monoisotopic (exact) mass is 324 g/mol. The average molecular weight is 324 g/mol. The number of hydrogen-bond acceptors (Lipinski definition) is 5. The lowest BCUT2D eigenvalue weighted by atomic mass is 10.1. The van der Waals surface area contributed by atoms with E-state index in [9.17, 15) is 0 Å². The van der Waals surface area contributed by atoms with Gasteiger partial charge in [-0.1, -0.05) is 54.7 Å². The van der Waals surface area contributed by atoms with Crippen LogP contribution in [0.25, 0.3) is 21.3 Å². The molecule has 4 rings (SSSR count). The van der Waals surface area contributed by atoms with Gasteiger partial charge in [0.1, 0.15) is 5.01 Å². The molecule has 2 aromatic carbocycles. The van der Waals surface area contributed by atoms with Crippen molar-refractivity contribution in [1.29, 1.82) is 0 Å². The van der Waals surface area contributed by atoms with Crippen molar-refractivity contribution in [2.45, 2.75) is 6.92 Å². The molecular weight excluding hydrogens is 304 g/mol. The highest BCUT2D eigenvalue weighted by Crippen LogP contribution is 2.31. The molecule has 0 spiro atoms. The Morgan fingerprint density at radius 3 is 2.52 bits per heavy atom. The summed E-state index contributed by atoms with van der Waals surface area (Å²) in [6.45, 7) is 7.66. The summed E-state index contributed by atoms with van der Waals surface area (Å²) in [4.78, 5) is 4.83. The van der Waals surface area contributed by atoms with E-state index in [1.54, 1.807) is 11.3 Å². The molecule has 0 amide bonds. The average Bonchev–Trinajstić information content (AvgIpc) is 3.11. The van der Waals surface area contributed by atoms with Crippen LogP contribution in [0.1, 0.15) is 6.92 Å². The van der Waals surface area contributed by atoms with Crippen molar-refractivity contribution < 1.29 is 0 Å². The highest BCUT2D eigenvalue weighted by Gasteiger charge is 2.19. The summed E-state index contributed by atoms with van der Waals surface area (Å²) in [5.41, 5.74) is 1.15. The summed E-state index contributed by atoms with van der Waals surface area (Å²) in [6, 6.07) is 14.9. The van der Waals surface area contributed by atoms with Crippen LogP contribution in [-0.4, -0.2) is 47.8 Å². The van der Waals surface area contributed by atoms with Crippen molar-refractivity contribution in [3.05, 3.63) is 42.5 Å². The van der Waals surface area contributed by atoms with Crippen LogP contribution in [0.5, 0.6) is 0 Å². The zero-order chi connectivity index (χ0) is 15.6. The number of benzene rings is 2. The standard InChI is InChI=1S/C18H20N4S/c1-2-21-9-11-22(12-10-21)18-20-19-17(23-18)16-8-7-14-5-3-4-6-15(14)13-16/h3-8,13H,2,9-12H2,1H3. The topological polar surface area (TPSA) is 32.3 Å². The molecule has 0 bridgehead atoms. The van der Waals surface area contributed by atoms with Crippen LogP contribution in [0.3, 0.4) is 0 Å². The van der Waals surface area contributed by atoms with Gasteiger partial charge in [0.2, 0.25) is 5.13 Å². The van der Waals surface area contributed by atoms with Crippen LogP contribution < -0.4 is 4.90 Å². The van der Waals surface area contributed by atoms with Gasteiger partial charge in [-0.3, -0.25) is 0 Å². The number of piperazine rings is 1. The highest BCUT2D eigenvalue weighted by molar-refractivity contribution is 7.18. The van der Waals surface area contributed by atoms with Crippen LogP contribution in [0.15, 0.2) is 42.5 Å². The van der Waals surface area contributed by atoms with Gasteiger partial charge in [-0.05, 0) is 23.4 Å². The van der Waals surface area contributed by atoms with E-state index in [2.05, 4.69) is 69.4 Å². The summed E-state index contributed by atoms with van der Waals surface area (Å²) in [7, 11) is 0. The lowest BCUT2D eigenvalue weighted by Crippen LogP contribution is -2.46. The predicted octanol–water partition coefficient (Wildman–Crippen LogP) is 3.50. The Kier molecular flexibility index (Phi) is 3.97. The second-order valence-electron chi connectivity index (χ2n) is 5.87. The lowest BCUT2D eigenvalue weighted by molar-refractivity contribution is 0.271. The number of nitrogens with zero attached hydrogens (tertiary/aromatic N) is 4. The van der Waals surface area contributed by atoms with Crippen LogP contribution in [0.4, 0.5) is 5.13 Å². The summed E-state index contributed by atoms with van der Waals surface area (Å²) < 4.78 is 0. The molecule has 0 N–H and O–H groups in total. The summed E-state index contributed by atoms with van der Waals surface area (Å²) in [6.07, 6.45) is 0. The maximum atomic E-state index is 4.42. The zero-order valence-corrected chi connectivity index (χ0v) is 14.1. The molecule has 0 radical (unpaired) electrons. The van der Waals surface area contributed by atoms with Gasteiger partial charge < -0.3 is 9.80 Å². The molecule has 1 fully saturated rings. The van der Waals surface area contributed by atoms with Crippen LogP contribution in [0, 0.1) is 0 Å². The first kappa shape index (κ1) is 14.6. The lowest BCUT2D eigenvalue weighted by Gasteiger charge is -2.33. The Labute approximate surface area is 140 Å². The maximum absolute atomic E-state index is 4.42. The molecule has 3 aromatic rings. The number of fused-ring (bicyclic) bond motifs is 1.